The van der Waals surface area contributed by atoms with Crippen molar-refractivity contribution >= 4 is 0 Å². The third kappa shape index (κ3) is 23.8. The number of hydrogen-bond donors (Lipinski definition) is 0. The SMILES string of the molecule is O.[Br-].[Br-].[Br-].[Rh+2]. The molecule has 0 saturated carbocycles. The number of halogens is 3. The van der Waals surface area contributed by atoms with Gasteiger partial charge in [-0.25, -0.2) is 0 Å². The van der Waals surface area contributed by atoms with Gasteiger partial charge in [0, 0.05) is 0 Å². The molecule has 0 aromatic rings. The van der Waals surface area contributed by atoms with Crippen LogP contribution in [0.3, 0.4) is 0 Å². The Bertz CT molecular complexity index is 6.85. The van der Waals surface area contributed by atoms with E-state index in [2.05, 4.69) is 0 Å². The van der Waals surface area contributed by atoms with Crippen LogP contribution in [-0.2, 0) is 19.5 Å². The Balaban J connectivity index is 0. The van der Waals surface area contributed by atoms with Gasteiger partial charge in [-0.1, -0.05) is 0 Å². The van der Waals surface area contributed by atoms with E-state index in [0.717, 1.165) is 0 Å². The van der Waals surface area contributed by atoms with Crippen molar-refractivity contribution in [3.05, 3.63) is 0 Å². The van der Waals surface area contributed by atoms with Gasteiger partial charge in [-0.05, 0) is 0 Å². The van der Waals surface area contributed by atoms with E-state index < -0.39 is 0 Å². The summed E-state index contributed by atoms with van der Waals surface area (Å²) in [5.41, 5.74) is 0. The smallest absolute Gasteiger partial charge is 1.00 e. The first-order valence-electron chi connectivity index (χ1n) is 0. The van der Waals surface area contributed by atoms with Gasteiger partial charge >= 0.3 is 19.5 Å². The minimum atomic E-state index is 0. The molecule has 0 unspecified atom stereocenters. The second kappa shape index (κ2) is 37.1. The van der Waals surface area contributed by atoms with Gasteiger partial charge in [0.05, 0.1) is 0 Å². The predicted octanol–water partition coefficient (Wildman–Crippen LogP) is -9.82. The molecule has 1 nitrogen and oxygen atoms in total. The van der Waals surface area contributed by atoms with E-state index in [0.29, 0.717) is 0 Å². The Morgan fingerprint density at radius 2 is 0.600 bits per heavy atom. The minimum Gasteiger partial charge on any atom is -1.00 e. The fourth-order valence-electron chi connectivity index (χ4n) is 0. The summed E-state index contributed by atoms with van der Waals surface area (Å²) < 4.78 is 0. The zero-order valence-electron chi connectivity index (χ0n) is 1.97. The van der Waals surface area contributed by atoms with E-state index in [-0.39, 0.29) is 75.9 Å². The minimum absolute atomic E-state index is 0. The van der Waals surface area contributed by atoms with Crippen molar-refractivity contribution in [3.8, 4) is 0 Å². The molecule has 0 aromatic carbocycles. The Morgan fingerprint density at radius 1 is 0.600 bits per heavy atom. The summed E-state index contributed by atoms with van der Waals surface area (Å²) in [6.45, 7) is 0. The van der Waals surface area contributed by atoms with E-state index in [1.165, 1.54) is 0 Å². The number of rotatable bonds is 0. The van der Waals surface area contributed by atoms with Gasteiger partial charge in [0.15, 0.2) is 0 Å². The second-order valence-corrected chi connectivity index (χ2v) is 0. The van der Waals surface area contributed by atoms with Crippen LogP contribution in [0.25, 0.3) is 0 Å². The van der Waals surface area contributed by atoms with Gasteiger partial charge in [0.1, 0.15) is 0 Å². The second-order valence-electron chi connectivity index (χ2n) is 0. The average molecular weight is 361 g/mol. The van der Waals surface area contributed by atoms with Crippen LogP contribution in [0, 0.1) is 0 Å². The first kappa shape index (κ1) is 62.2. The van der Waals surface area contributed by atoms with Crippen molar-refractivity contribution < 1.29 is 75.9 Å². The van der Waals surface area contributed by atoms with Crippen molar-refractivity contribution in [1.82, 2.24) is 0 Å². The predicted molar refractivity (Wildman–Crippen MR) is 3.61 cm³/mol. The maximum Gasteiger partial charge on any atom is 2.00 e. The van der Waals surface area contributed by atoms with Crippen molar-refractivity contribution in [1.29, 1.82) is 0 Å². The number of hydrogen-bond acceptors (Lipinski definition) is 0. The summed E-state index contributed by atoms with van der Waals surface area (Å²) >= 11 is 0. The maximum atomic E-state index is 0. The van der Waals surface area contributed by atoms with E-state index in [9.17, 15) is 0 Å². The van der Waals surface area contributed by atoms with Crippen LogP contribution in [0.4, 0.5) is 0 Å². The average Bonchev–Trinajstić information content (AvgIpc) is 0. The van der Waals surface area contributed by atoms with Crippen LogP contribution >= 0.6 is 0 Å². The van der Waals surface area contributed by atoms with Crippen LogP contribution in [0.15, 0.2) is 0 Å². The van der Waals surface area contributed by atoms with Crippen molar-refractivity contribution in [2.75, 3.05) is 0 Å². The van der Waals surface area contributed by atoms with Crippen LogP contribution < -0.4 is 50.9 Å². The fraction of sp³-hybridized carbons (Fsp3) is 0. The Kier molecular flexibility index (Phi) is 462. The van der Waals surface area contributed by atoms with Crippen molar-refractivity contribution in [3.63, 3.8) is 0 Å². The summed E-state index contributed by atoms with van der Waals surface area (Å²) in [6, 6.07) is 0. The Morgan fingerprint density at radius 3 is 0.600 bits per heavy atom. The molecular formula is H2Br3ORh-. The third-order valence-corrected chi connectivity index (χ3v) is 0. The molecule has 1 radical (unpaired) electrons. The molecule has 0 rings (SSSR count). The summed E-state index contributed by atoms with van der Waals surface area (Å²) in [5, 5.41) is 0. The molecule has 2 N–H and O–H groups in total. The van der Waals surface area contributed by atoms with Gasteiger partial charge in [-0.15, -0.1) is 0 Å². The largest absolute Gasteiger partial charge is 2.00 e. The topological polar surface area (TPSA) is 31.5 Å². The Labute approximate surface area is 75.3 Å². The van der Waals surface area contributed by atoms with Crippen molar-refractivity contribution in [2.45, 2.75) is 0 Å². The maximum absolute atomic E-state index is 0. The van der Waals surface area contributed by atoms with Crippen LogP contribution in [0.1, 0.15) is 0 Å². The molecule has 39 valence electrons. The zero-order valence-corrected chi connectivity index (χ0v) is 8.36. The van der Waals surface area contributed by atoms with E-state index in [1.54, 1.807) is 0 Å². The molecule has 0 heterocycles. The molecule has 0 amide bonds. The quantitative estimate of drug-likeness (QED) is 0.384. The molecule has 0 aliphatic rings. The molecule has 0 aromatic heterocycles. The third-order valence-electron chi connectivity index (χ3n) is 0. The van der Waals surface area contributed by atoms with E-state index in [4.69, 9.17) is 0 Å². The van der Waals surface area contributed by atoms with Gasteiger partial charge in [0.2, 0.25) is 0 Å². The summed E-state index contributed by atoms with van der Waals surface area (Å²) in [4.78, 5) is 0. The van der Waals surface area contributed by atoms with Crippen LogP contribution in [0.5, 0.6) is 0 Å². The molecule has 0 saturated heterocycles. The zero-order chi connectivity index (χ0) is 0. The molecule has 0 atom stereocenters. The summed E-state index contributed by atoms with van der Waals surface area (Å²) in [7, 11) is 0. The molecule has 0 spiro atoms. The van der Waals surface area contributed by atoms with Gasteiger partial charge in [-0.3, -0.25) is 0 Å². The van der Waals surface area contributed by atoms with Gasteiger partial charge in [0.25, 0.3) is 0 Å². The molecule has 0 aliphatic carbocycles. The normalized spacial score (nSPS) is 0. The molecule has 0 fully saturated rings. The first-order valence-corrected chi connectivity index (χ1v) is 0. The molecule has 5 heteroatoms. The van der Waals surface area contributed by atoms with Gasteiger partial charge < -0.3 is 56.4 Å². The Hall–Kier alpha value is 2.02. The molecule has 5 heavy (non-hydrogen) atoms. The summed E-state index contributed by atoms with van der Waals surface area (Å²) in [5.74, 6) is 0. The van der Waals surface area contributed by atoms with E-state index >= 15 is 0 Å². The first-order chi connectivity index (χ1) is 0. The summed E-state index contributed by atoms with van der Waals surface area (Å²) in [6.07, 6.45) is 0. The fourth-order valence-corrected chi connectivity index (χ4v) is 0. The standard InChI is InChI=1S/3BrH.H2O.Rh/h3*1H;1H2;/q;;;;+2/p-3. The van der Waals surface area contributed by atoms with E-state index in [1.807, 2.05) is 0 Å². The van der Waals surface area contributed by atoms with Crippen LogP contribution in [-0.4, -0.2) is 5.48 Å². The van der Waals surface area contributed by atoms with Crippen molar-refractivity contribution in [2.24, 2.45) is 0 Å². The molecule has 0 bridgehead atoms. The molecule has 0 aliphatic heterocycles. The monoisotopic (exact) mass is 358 g/mol. The molecular weight excluding hydrogens is 359 g/mol. The van der Waals surface area contributed by atoms with Crippen LogP contribution in [0.2, 0.25) is 0 Å². The van der Waals surface area contributed by atoms with Gasteiger partial charge in [-0.2, -0.15) is 0 Å².